The van der Waals surface area contributed by atoms with Gasteiger partial charge in [-0.15, -0.1) is 0 Å². The van der Waals surface area contributed by atoms with Gasteiger partial charge in [0.05, 0.1) is 10.8 Å². The van der Waals surface area contributed by atoms with Gasteiger partial charge in [-0.1, -0.05) is 59.8 Å². The Morgan fingerprint density at radius 2 is 1.06 bits per heavy atom. The van der Waals surface area contributed by atoms with E-state index in [1.807, 2.05) is 0 Å². The van der Waals surface area contributed by atoms with E-state index in [4.69, 9.17) is 9.15 Å². The normalized spacial score (nSPS) is 16.2. The molecule has 1 aromatic rings. The van der Waals surface area contributed by atoms with E-state index in [0.717, 1.165) is 34.2 Å². The Labute approximate surface area is 190 Å². The average Bonchev–Trinajstić information content (AvgIpc) is 2.58. The smallest absolute Gasteiger partial charge is 0.335 e. The van der Waals surface area contributed by atoms with Crippen LogP contribution in [-0.2, 0) is 15.6 Å². The first-order valence-electron chi connectivity index (χ1n) is 11.4. The Bertz CT molecular complexity index is 861. The summed E-state index contributed by atoms with van der Waals surface area (Å²) in [5.74, 6) is 4.01. The zero-order valence-electron chi connectivity index (χ0n) is 21.9. The molecule has 0 aliphatic carbocycles. The van der Waals surface area contributed by atoms with E-state index in [1.54, 1.807) is 0 Å². The third kappa shape index (κ3) is 6.95. The van der Waals surface area contributed by atoms with E-state index in [2.05, 4.69) is 126 Å². The minimum absolute atomic E-state index is 0.0439. The van der Waals surface area contributed by atoms with Gasteiger partial charge >= 0.3 is 11.5 Å². The minimum Gasteiger partial charge on any atom is -0.465 e. The topological polar surface area (TPSA) is 20.5 Å². The second-order valence-corrected chi connectivity index (χ2v) is 12.8. The predicted molar refractivity (Wildman–Crippen MR) is 134 cm³/mol. The molecule has 170 valence electrons. The summed E-state index contributed by atoms with van der Waals surface area (Å²) in [4.78, 5) is 0. The van der Waals surface area contributed by atoms with Gasteiger partial charge in [-0.25, -0.2) is 4.42 Å². The van der Waals surface area contributed by atoms with Gasteiger partial charge in [-0.3, -0.25) is 0 Å². The van der Waals surface area contributed by atoms with Gasteiger partial charge in [0, 0.05) is 23.0 Å². The van der Waals surface area contributed by atoms with Crippen LogP contribution in [0.25, 0.3) is 6.08 Å². The SMILES string of the molecule is CC(C)(C)C1=CC(=CC=Cc2cc(C(C)(C)C)[o+]c(C(C)(C)C)c2)C=C(C(C)(C)C)O1. The van der Waals surface area contributed by atoms with Gasteiger partial charge in [0.2, 0.25) is 0 Å². The highest BCUT2D eigenvalue weighted by Gasteiger charge is 2.33. The Morgan fingerprint density at radius 3 is 1.42 bits per heavy atom. The van der Waals surface area contributed by atoms with E-state index >= 15 is 0 Å². The van der Waals surface area contributed by atoms with E-state index in [-0.39, 0.29) is 21.7 Å². The lowest BCUT2D eigenvalue weighted by Crippen LogP contribution is -2.21. The van der Waals surface area contributed by atoms with Crippen molar-refractivity contribution >= 4 is 6.08 Å². The number of hydrogen-bond acceptors (Lipinski definition) is 1. The Balaban J connectivity index is 2.47. The molecule has 0 radical (unpaired) electrons. The van der Waals surface area contributed by atoms with Crippen molar-refractivity contribution in [3.8, 4) is 0 Å². The Kier molecular flexibility index (Phi) is 6.86. The number of hydrogen-bond donors (Lipinski definition) is 0. The maximum absolute atomic E-state index is 6.26. The molecule has 31 heavy (non-hydrogen) atoms. The van der Waals surface area contributed by atoms with Gasteiger partial charge in [0.1, 0.15) is 11.5 Å². The molecule has 0 spiro atoms. The lowest BCUT2D eigenvalue weighted by Gasteiger charge is -2.32. The van der Waals surface area contributed by atoms with Gasteiger partial charge in [0.15, 0.2) is 0 Å². The third-order valence-electron chi connectivity index (χ3n) is 5.17. The van der Waals surface area contributed by atoms with Crippen LogP contribution in [0.1, 0.15) is 100 Å². The lowest BCUT2D eigenvalue weighted by molar-refractivity contribution is 0.161. The zero-order valence-corrected chi connectivity index (χ0v) is 21.9. The minimum atomic E-state index is -0.0439. The van der Waals surface area contributed by atoms with Crippen molar-refractivity contribution < 1.29 is 9.15 Å². The monoisotopic (exact) mass is 423 g/mol. The summed E-state index contributed by atoms with van der Waals surface area (Å²) in [6.07, 6.45) is 10.8. The molecule has 0 fully saturated rings. The first kappa shape index (κ1) is 25.2. The molecule has 0 bridgehead atoms. The molecule has 0 saturated heterocycles. The number of rotatable bonds is 2. The van der Waals surface area contributed by atoms with Crippen LogP contribution in [0.5, 0.6) is 0 Å². The van der Waals surface area contributed by atoms with E-state index in [1.165, 1.54) is 0 Å². The summed E-state index contributed by atoms with van der Waals surface area (Å²) >= 11 is 0. The number of ether oxygens (including phenoxy) is 1. The van der Waals surface area contributed by atoms with Crippen LogP contribution >= 0.6 is 0 Å². The van der Waals surface area contributed by atoms with Crippen LogP contribution in [0.3, 0.4) is 0 Å². The maximum Gasteiger partial charge on any atom is 0.335 e. The van der Waals surface area contributed by atoms with Gasteiger partial charge < -0.3 is 4.74 Å². The molecule has 2 nitrogen and oxygen atoms in total. The zero-order chi connectivity index (χ0) is 23.8. The molecule has 0 amide bonds. The fourth-order valence-corrected chi connectivity index (χ4v) is 2.98. The molecule has 1 aromatic heterocycles. The van der Waals surface area contributed by atoms with Crippen LogP contribution in [0, 0.1) is 10.8 Å². The summed E-state index contributed by atoms with van der Waals surface area (Å²) in [5.41, 5.74) is 2.14. The molecular weight excluding hydrogens is 380 g/mol. The largest absolute Gasteiger partial charge is 0.465 e. The summed E-state index contributed by atoms with van der Waals surface area (Å²) in [5, 5.41) is 0. The molecule has 2 rings (SSSR count). The average molecular weight is 424 g/mol. The van der Waals surface area contributed by atoms with Crippen molar-refractivity contribution in [2.75, 3.05) is 0 Å². The first-order chi connectivity index (χ1) is 13.9. The Morgan fingerprint density at radius 1 is 0.645 bits per heavy atom. The molecule has 0 saturated carbocycles. The summed E-state index contributed by atoms with van der Waals surface area (Å²) < 4.78 is 12.5. The van der Waals surface area contributed by atoms with Crippen LogP contribution < -0.4 is 0 Å². The van der Waals surface area contributed by atoms with Gasteiger partial charge in [-0.05, 0) is 64.8 Å². The van der Waals surface area contributed by atoms with Gasteiger partial charge in [0.25, 0.3) is 0 Å². The first-order valence-corrected chi connectivity index (χ1v) is 11.4. The van der Waals surface area contributed by atoms with Crippen molar-refractivity contribution in [3.05, 3.63) is 70.6 Å². The highest BCUT2D eigenvalue weighted by molar-refractivity contribution is 5.54. The molecular formula is C29H43O2+. The quantitative estimate of drug-likeness (QED) is 0.442. The van der Waals surface area contributed by atoms with Crippen molar-refractivity contribution in [2.45, 2.75) is 93.9 Å². The Hall–Kier alpha value is -2.09. The molecule has 1 aliphatic heterocycles. The number of allylic oxidation sites excluding steroid dienone is 7. The predicted octanol–water partition coefficient (Wildman–Crippen LogP) is 8.99. The molecule has 0 unspecified atom stereocenters. The molecule has 0 N–H and O–H groups in total. The van der Waals surface area contributed by atoms with Crippen LogP contribution in [-0.4, -0.2) is 0 Å². The fraction of sp³-hybridized carbons (Fsp3) is 0.552. The van der Waals surface area contributed by atoms with Crippen molar-refractivity contribution in [3.63, 3.8) is 0 Å². The highest BCUT2D eigenvalue weighted by Crippen LogP contribution is 2.39. The van der Waals surface area contributed by atoms with E-state index in [0.29, 0.717) is 0 Å². The summed E-state index contributed by atoms with van der Waals surface area (Å²) in [6, 6.07) is 4.31. The van der Waals surface area contributed by atoms with Crippen LogP contribution in [0.15, 0.2) is 57.9 Å². The van der Waals surface area contributed by atoms with Gasteiger partial charge in [-0.2, -0.15) is 0 Å². The highest BCUT2D eigenvalue weighted by atomic mass is 16.5. The van der Waals surface area contributed by atoms with E-state index in [9.17, 15) is 0 Å². The third-order valence-corrected chi connectivity index (χ3v) is 5.17. The second-order valence-electron chi connectivity index (χ2n) is 12.8. The molecule has 0 atom stereocenters. The van der Waals surface area contributed by atoms with Crippen molar-refractivity contribution in [1.29, 1.82) is 0 Å². The second kappa shape index (κ2) is 8.45. The van der Waals surface area contributed by atoms with Crippen molar-refractivity contribution in [2.24, 2.45) is 10.8 Å². The molecule has 2 heteroatoms. The summed E-state index contributed by atoms with van der Waals surface area (Å²) in [6.45, 7) is 26.3. The molecule has 0 aromatic carbocycles. The van der Waals surface area contributed by atoms with Crippen LogP contribution in [0.4, 0.5) is 0 Å². The van der Waals surface area contributed by atoms with Crippen molar-refractivity contribution in [1.82, 2.24) is 0 Å². The maximum atomic E-state index is 6.26. The standard InChI is InChI=1S/C29H43O2/c1-26(2,3)22-16-20(17-23(30-22)27(4,5)6)14-13-15-21-18-24(28(7,8)9)31-25(19-21)29(10,11)12/h13-19H,1-12H3/q+1. The summed E-state index contributed by atoms with van der Waals surface area (Å²) in [7, 11) is 0. The van der Waals surface area contributed by atoms with Crippen LogP contribution in [0.2, 0.25) is 0 Å². The fourth-order valence-electron chi connectivity index (χ4n) is 2.98. The molecule has 2 heterocycles. The lowest BCUT2D eigenvalue weighted by atomic mass is 9.87. The molecule has 1 aliphatic rings. The van der Waals surface area contributed by atoms with E-state index < -0.39 is 0 Å².